The lowest BCUT2D eigenvalue weighted by Gasteiger charge is -1.88. The monoisotopic (exact) mass is 147 g/mol. The molecule has 0 spiro atoms. The van der Waals surface area contributed by atoms with E-state index >= 15 is 0 Å². The molecule has 0 saturated heterocycles. The molecule has 0 rings (SSSR count). The van der Waals surface area contributed by atoms with Crippen molar-refractivity contribution in [2.45, 2.75) is 6.92 Å². The Balaban J connectivity index is 4.00. The fourth-order valence-electron chi connectivity index (χ4n) is 0.242. The Hall–Kier alpha value is -0.0831. The Morgan fingerprint density at radius 2 is 2.25 bits per heavy atom. The van der Waals surface area contributed by atoms with E-state index in [4.69, 9.17) is 11.6 Å². The van der Waals surface area contributed by atoms with E-state index in [0.717, 1.165) is 15.3 Å². The summed E-state index contributed by atoms with van der Waals surface area (Å²) in [6.45, 7) is 2.01. The van der Waals surface area contributed by atoms with E-state index in [0.29, 0.717) is 0 Å². The zero-order valence-electron chi connectivity index (χ0n) is 5.40. The van der Waals surface area contributed by atoms with Crippen LogP contribution in [-0.2, 0) is 0 Å². The Morgan fingerprint density at radius 1 is 1.75 bits per heavy atom. The van der Waals surface area contributed by atoms with Crippen LogP contribution < -0.4 is 0 Å². The van der Waals surface area contributed by atoms with Gasteiger partial charge in [-0.2, -0.15) is 0 Å². The lowest BCUT2D eigenvalue weighted by Crippen LogP contribution is -1.80. The second-order valence-corrected chi connectivity index (χ2v) is 3.64. The molecule has 0 bridgehead atoms. The van der Waals surface area contributed by atoms with Gasteiger partial charge in [0.05, 0.1) is 5.03 Å². The molecule has 0 atom stereocenters. The van der Waals surface area contributed by atoms with Crippen LogP contribution in [0.25, 0.3) is 0 Å². The van der Waals surface area contributed by atoms with Gasteiger partial charge < -0.3 is 0 Å². The SMILES string of the molecule is CN=C/C(Cl)=C(\C)[SiH3]. The average molecular weight is 148 g/mol. The molecule has 0 radical (unpaired) electrons. The number of allylic oxidation sites excluding steroid dienone is 2. The standard InChI is InChI=1S/C5H10ClNSi/c1-4(8)5(6)3-7-2/h3H,1-2,8H3/b5-4-,7-3?. The maximum atomic E-state index is 5.68. The van der Waals surface area contributed by atoms with E-state index in [1.54, 1.807) is 13.3 Å². The summed E-state index contributed by atoms with van der Waals surface area (Å²) >= 11 is 5.68. The van der Waals surface area contributed by atoms with E-state index < -0.39 is 0 Å². The minimum atomic E-state index is 0.791. The Kier molecular flexibility index (Phi) is 3.82. The van der Waals surface area contributed by atoms with Crippen LogP contribution in [-0.4, -0.2) is 23.5 Å². The number of halogens is 1. The molecule has 0 aromatic heterocycles. The Morgan fingerprint density at radius 3 is 2.38 bits per heavy atom. The number of hydrogen-bond donors (Lipinski definition) is 0. The molecule has 0 unspecified atom stereocenters. The summed E-state index contributed by atoms with van der Waals surface area (Å²) in [5, 5.41) is 2.02. The molecule has 0 aliphatic carbocycles. The first-order chi connectivity index (χ1) is 3.68. The molecule has 0 fully saturated rings. The maximum absolute atomic E-state index is 5.68. The highest BCUT2D eigenvalue weighted by molar-refractivity contribution is 6.44. The highest BCUT2D eigenvalue weighted by Crippen LogP contribution is 2.01. The molecule has 8 heavy (non-hydrogen) atoms. The van der Waals surface area contributed by atoms with Gasteiger partial charge in [-0.15, -0.1) is 0 Å². The van der Waals surface area contributed by atoms with Crippen LogP contribution in [0.5, 0.6) is 0 Å². The van der Waals surface area contributed by atoms with E-state index in [-0.39, 0.29) is 0 Å². The van der Waals surface area contributed by atoms with Crippen molar-refractivity contribution < 1.29 is 0 Å². The first-order valence-corrected chi connectivity index (χ1v) is 3.81. The molecular formula is C5H10ClNSi. The van der Waals surface area contributed by atoms with Gasteiger partial charge in [-0.3, -0.25) is 4.99 Å². The third-order valence-corrected chi connectivity index (χ3v) is 2.05. The second kappa shape index (κ2) is 3.86. The summed E-state index contributed by atoms with van der Waals surface area (Å²) in [5.74, 6) is 0. The number of aliphatic imine (C=N–C) groups is 1. The first-order valence-electron chi connectivity index (χ1n) is 2.43. The largest absolute Gasteiger partial charge is 0.295 e. The van der Waals surface area contributed by atoms with Gasteiger partial charge in [0.25, 0.3) is 0 Å². The summed E-state index contributed by atoms with van der Waals surface area (Å²) in [6, 6.07) is 0. The van der Waals surface area contributed by atoms with Gasteiger partial charge in [-0.05, 0) is 6.92 Å². The minimum absolute atomic E-state index is 0.791. The molecule has 0 aliphatic heterocycles. The van der Waals surface area contributed by atoms with Crippen molar-refractivity contribution in [1.29, 1.82) is 0 Å². The minimum Gasteiger partial charge on any atom is -0.295 e. The smallest absolute Gasteiger partial charge is 0.0525 e. The molecular weight excluding hydrogens is 138 g/mol. The zero-order valence-corrected chi connectivity index (χ0v) is 8.16. The van der Waals surface area contributed by atoms with Crippen molar-refractivity contribution in [3.63, 3.8) is 0 Å². The first kappa shape index (κ1) is 7.92. The predicted octanol–water partition coefficient (Wildman–Crippen LogP) is 0.523. The molecule has 46 valence electrons. The van der Waals surface area contributed by atoms with Crippen LogP contribution in [0.1, 0.15) is 6.92 Å². The average Bonchev–Trinajstić information content (AvgIpc) is 1.67. The number of hydrogen-bond acceptors (Lipinski definition) is 1. The fraction of sp³-hybridized carbons (Fsp3) is 0.400. The summed E-state index contributed by atoms with van der Waals surface area (Å²) in [7, 11) is 2.74. The van der Waals surface area contributed by atoms with Crippen molar-refractivity contribution in [3.05, 3.63) is 10.2 Å². The van der Waals surface area contributed by atoms with Crippen LogP contribution in [0.4, 0.5) is 0 Å². The fourth-order valence-corrected chi connectivity index (χ4v) is 0.469. The van der Waals surface area contributed by atoms with Gasteiger partial charge >= 0.3 is 0 Å². The van der Waals surface area contributed by atoms with Gasteiger partial charge in [-0.25, -0.2) is 0 Å². The van der Waals surface area contributed by atoms with Crippen molar-refractivity contribution in [3.8, 4) is 0 Å². The molecule has 0 aromatic rings. The topological polar surface area (TPSA) is 12.4 Å². The molecule has 0 N–H and O–H groups in total. The molecule has 0 saturated carbocycles. The van der Waals surface area contributed by atoms with Gasteiger partial charge in [0.2, 0.25) is 0 Å². The number of rotatable bonds is 1. The van der Waals surface area contributed by atoms with Crippen molar-refractivity contribution in [2.24, 2.45) is 4.99 Å². The van der Waals surface area contributed by atoms with E-state index in [2.05, 4.69) is 4.99 Å². The van der Waals surface area contributed by atoms with Gasteiger partial charge in [0.15, 0.2) is 0 Å². The van der Waals surface area contributed by atoms with Crippen molar-refractivity contribution >= 4 is 28.1 Å². The Labute approximate surface area is 57.9 Å². The van der Waals surface area contributed by atoms with E-state index in [1.807, 2.05) is 6.92 Å². The lowest BCUT2D eigenvalue weighted by molar-refractivity contribution is 1.47. The molecule has 0 aliphatic rings. The second-order valence-electron chi connectivity index (χ2n) is 1.74. The van der Waals surface area contributed by atoms with Crippen molar-refractivity contribution in [1.82, 2.24) is 0 Å². The molecule has 3 heteroatoms. The van der Waals surface area contributed by atoms with Crippen molar-refractivity contribution in [2.75, 3.05) is 7.05 Å². The maximum Gasteiger partial charge on any atom is 0.0525 e. The normalized spacial score (nSPS) is 14.9. The Bertz CT molecular complexity index is 124. The third kappa shape index (κ3) is 2.99. The van der Waals surface area contributed by atoms with E-state index in [9.17, 15) is 0 Å². The third-order valence-electron chi connectivity index (χ3n) is 0.720. The predicted molar refractivity (Wildman–Crippen MR) is 42.9 cm³/mol. The van der Waals surface area contributed by atoms with Crippen LogP contribution >= 0.6 is 11.6 Å². The molecule has 1 nitrogen and oxygen atoms in total. The summed E-state index contributed by atoms with van der Waals surface area (Å²) in [4.78, 5) is 3.76. The zero-order chi connectivity index (χ0) is 6.57. The molecule has 0 aromatic carbocycles. The van der Waals surface area contributed by atoms with Crippen LogP contribution in [0.2, 0.25) is 0 Å². The van der Waals surface area contributed by atoms with Gasteiger partial charge in [0, 0.05) is 23.5 Å². The number of nitrogens with zero attached hydrogens (tertiary/aromatic N) is 1. The quantitative estimate of drug-likeness (QED) is 0.379. The summed E-state index contributed by atoms with van der Waals surface area (Å²) < 4.78 is 0. The van der Waals surface area contributed by atoms with Gasteiger partial charge in [0.1, 0.15) is 0 Å². The lowest BCUT2D eigenvalue weighted by atomic mass is 10.5. The summed E-state index contributed by atoms with van der Waals surface area (Å²) in [5.41, 5.74) is 0. The highest BCUT2D eigenvalue weighted by atomic mass is 35.5. The van der Waals surface area contributed by atoms with Crippen LogP contribution in [0.15, 0.2) is 15.2 Å². The molecule has 0 heterocycles. The van der Waals surface area contributed by atoms with Crippen LogP contribution in [0, 0.1) is 0 Å². The van der Waals surface area contributed by atoms with E-state index in [1.165, 1.54) is 5.20 Å². The van der Waals surface area contributed by atoms with Crippen LogP contribution in [0.3, 0.4) is 0 Å². The highest BCUT2D eigenvalue weighted by Gasteiger charge is 1.85. The summed E-state index contributed by atoms with van der Waals surface area (Å²) in [6.07, 6.45) is 1.67. The van der Waals surface area contributed by atoms with Gasteiger partial charge in [-0.1, -0.05) is 16.8 Å². The molecule has 0 amide bonds.